The summed E-state index contributed by atoms with van der Waals surface area (Å²) in [6.07, 6.45) is 1.82. The van der Waals surface area contributed by atoms with E-state index in [1.165, 1.54) is 0 Å². The third-order valence-electron chi connectivity index (χ3n) is 2.72. The molecule has 0 saturated heterocycles. The monoisotopic (exact) mass is 291 g/mol. The standard InChI is InChI=1S/C12H13N5S2/c1-7(10-14-4-6-19-10)15-9-8-3-5-18-11(8)17-12(13-2)16-9/h3-7H,1-2H3,(H2,13,15,16,17). The fourth-order valence-electron chi connectivity index (χ4n) is 1.79. The van der Waals surface area contributed by atoms with E-state index in [1.54, 1.807) is 22.7 Å². The van der Waals surface area contributed by atoms with Crippen molar-refractivity contribution in [1.82, 2.24) is 15.0 Å². The van der Waals surface area contributed by atoms with Crippen molar-refractivity contribution in [3.05, 3.63) is 28.0 Å². The number of rotatable bonds is 4. The van der Waals surface area contributed by atoms with Gasteiger partial charge in [0.25, 0.3) is 0 Å². The van der Waals surface area contributed by atoms with Crippen LogP contribution in [0.25, 0.3) is 10.2 Å². The van der Waals surface area contributed by atoms with Crippen LogP contribution in [0.3, 0.4) is 0 Å². The molecule has 0 radical (unpaired) electrons. The Morgan fingerprint density at radius 2 is 2.11 bits per heavy atom. The molecule has 0 amide bonds. The molecule has 0 fully saturated rings. The third kappa shape index (κ3) is 2.39. The van der Waals surface area contributed by atoms with Gasteiger partial charge in [-0.1, -0.05) is 0 Å². The minimum Gasteiger partial charge on any atom is -0.360 e. The van der Waals surface area contributed by atoms with E-state index in [-0.39, 0.29) is 6.04 Å². The van der Waals surface area contributed by atoms with Gasteiger partial charge in [0.15, 0.2) is 0 Å². The molecule has 0 spiro atoms. The highest BCUT2D eigenvalue weighted by molar-refractivity contribution is 7.16. The number of hydrogen-bond acceptors (Lipinski definition) is 7. The van der Waals surface area contributed by atoms with Crippen LogP contribution in [0.4, 0.5) is 11.8 Å². The maximum absolute atomic E-state index is 4.49. The Balaban J connectivity index is 1.97. The lowest BCUT2D eigenvalue weighted by atomic mass is 10.3. The normalized spacial score (nSPS) is 12.5. The second-order valence-corrected chi connectivity index (χ2v) is 5.84. The fraction of sp³-hybridized carbons (Fsp3) is 0.250. The highest BCUT2D eigenvalue weighted by atomic mass is 32.1. The second kappa shape index (κ2) is 5.10. The molecule has 3 aromatic rings. The highest BCUT2D eigenvalue weighted by Crippen LogP contribution is 2.29. The summed E-state index contributed by atoms with van der Waals surface area (Å²) in [5.74, 6) is 1.47. The molecule has 3 rings (SSSR count). The topological polar surface area (TPSA) is 62.7 Å². The van der Waals surface area contributed by atoms with Gasteiger partial charge in [0.05, 0.1) is 11.4 Å². The van der Waals surface area contributed by atoms with Crippen molar-refractivity contribution in [3.8, 4) is 0 Å². The van der Waals surface area contributed by atoms with Crippen LogP contribution < -0.4 is 10.6 Å². The molecule has 0 saturated carbocycles. The second-order valence-electron chi connectivity index (χ2n) is 4.02. The summed E-state index contributed by atoms with van der Waals surface area (Å²) in [6, 6.07) is 2.17. The maximum Gasteiger partial charge on any atom is 0.225 e. The Morgan fingerprint density at radius 3 is 2.84 bits per heavy atom. The summed E-state index contributed by atoms with van der Waals surface area (Å²) >= 11 is 3.25. The zero-order valence-corrected chi connectivity index (χ0v) is 12.2. The summed E-state index contributed by atoms with van der Waals surface area (Å²) < 4.78 is 0. The van der Waals surface area contributed by atoms with E-state index in [2.05, 4.69) is 32.5 Å². The molecule has 0 aromatic carbocycles. The molecule has 0 aliphatic heterocycles. The number of anilines is 2. The van der Waals surface area contributed by atoms with Crippen molar-refractivity contribution < 1.29 is 0 Å². The maximum atomic E-state index is 4.49. The average molecular weight is 291 g/mol. The molecule has 19 heavy (non-hydrogen) atoms. The van der Waals surface area contributed by atoms with Crippen LogP contribution in [0.15, 0.2) is 23.0 Å². The number of hydrogen-bond donors (Lipinski definition) is 2. The summed E-state index contributed by atoms with van der Waals surface area (Å²) in [5.41, 5.74) is 0. The van der Waals surface area contributed by atoms with Gasteiger partial charge in [-0.25, -0.2) is 9.97 Å². The van der Waals surface area contributed by atoms with E-state index >= 15 is 0 Å². The molecule has 1 unspecified atom stereocenters. The lowest BCUT2D eigenvalue weighted by Crippen LogP contribution is -2.09. The van der Waals surface area contributed by atoms with Gasteiger partial charge in [-0.2, -0.15) is 4.98 Å². The van der Waals surface area contributed by atoms with E-state index in [1.807, 2.05) is 30.1 Å². The lowest BCUT2D eigenvalue weighted by Gasteiger charge is -2.13. The van der Waals surface area contributed by atoms with E-state index < -0.39 is 0 Å². The van der Waals surface area contributed by atoms with Crippen LogP contribution >= 0.6 is 22.7 Å². The Hall–Kier alpha value is -1.73. The molecule has 1 atom stereocenters. The number of nitrogens with zero attached hydrogens (tertiary/aromatic N) is 3. The number of fused-ring (bicyclic) bond motifs is 1. The Labute approximate surface area is 118 Å². The Bertz CT molecular complexity index is 677. The zero-order chi connectivity index (χ0) is 13.2. The molecule has 2 N–H and O–H groups in total. The van der Waals surface area contributed by atoms with E-state index in [0.717, 1.165) is 21.0 Å². The van der Waals surface area contributed by atoms with Crippen LogP contribution in [-0.2, 0) is 0 Å². The van der Waals surface area contributed by atoms with Gasteiger partial charge in [0, 0.05) is 18.6 Å². The predicted octanol–water partition coefficient (Wildman–Crippen LogP) is 3.36. The van der Waals surface area contributed by atoms with Gasteiger partial charge in [0.2, 0.25) is 5.95 Å². The van der Waals surface area contributed by atoms with Crippen molar-refractivity contribution in [1.29, 1.82) is 0 Å². The molecule has 0 aliphatic rings. The molecule has 0 aliphatic carbocycles. The first-order valence-corrected chi connectivity index (χ1v) is 7.63. The summed E-state index contributed by atoms with van der Waals surface area (Å²) in [5, 5.41) is 12.5. The fourth-order valence-corrected chi connectivity index (χ4v) is 3.20. The molecule has 7 heteroatoms. The van der Waals surface area contributed by atoms with Gasteiger partial charge < -0.3 is 10.6 Å². The van der Waals surface area contributed by atoms with Gasteiger partial charge in [-0.3, -0.25) is 0 Å². The molecule has 0 bridgehead atoms. The van der Waals surface area contributed by atoms with Gasteiger partial charge in [-0.15, -0.1) is 22.7 Å². The van der Waals surface area contributed by atoms with E-state index in [0.29, 0.717) is 5.95 Å². The molecule has 5 nitrogen and oxygen atoms in total. The number of aromatic nitrogens is 3. The first-order chi connectivity index (χ1) is 9.28. The first-order valence-electron chi connectivity index (χ1n) is 5.87. The largest absolute Gasteiger partial charge is 0.360 e. The number of thiazole rings is 1. The van der Waals surface area contributed by atoms with Crippen molar-refractivity contribution in [2.45, 2.75) is 13.0 Å². The molecule has 3 heterocycles. The van der Waals surface area contributed by atoms with Crippen LogP contribution in [0.1, 0.15) is 18.0 Å². The van der Waals surface area contributed by atoms with Gasteiger partial charge in [-0.05, 0) is 18.4 Å². The third-order valence-corrected chi connectivity index (χ3v) is 4.49. The summed E-state index contributed by atoms with van der Waals surface area (Å²) in [7, 11) is 1.82. The number of nitrogens with one attached hydrogen (secondary N) is 2. The van der Waals surface area contributed by atoms with Crippen molar-refractivity contribution >= 4 is 44.7 Å². The first kappa shape index (κ1) is 12.3. The lowest BCUT2D eigenvalue weighted by molar-refractivity contribution is 0.862. The van der Waals surface area contributed by atoms with E-state index in [9.17, 15) is 0 Å². The summed E-state index contributed by atoms with van der Waals surface area (Å²) in [6.45, 7) is 2.08. The molecular formula is C12H13N5S2. The average Bonchev–Trinajstić information content (AvgIpc) is 3.09. The minimum absolute atomic E-state index is 0.128. The molecule has 98 valence electrons. The van der Waals surface area contributed by atoms with Crippen molar-refractivity contribution in [2.75, 3.05) is 17.7 Å². The SMILES string of the molecule is CNc1nc(NC(C)c2nccs2)c2ccsc2n1. The van der Waals surface area contributed by atoms with Crippen LogP contribution in [0.5, 0.6) is 0 Å². The predicted molar refractivity (Wildman–Crippen MR) is 81.1 cm³/mol. The van der Waals surface area contributed by atoms with Gasteiger partial charge >= 0.3 is 0 Å². The van der Waals surface area contributed by atoms with Crippen molar-refractivity contribution in [3.63, 3.8) is 0 Å². The van der Waals surface area contributed by atoms with Gasteiger partial charge in [0.1, 0.15) is 15.7 Å². The van der Waals surface area contributed by atoms with E-state index in [4.69, 9.17) is 0 Å². The summed E-state index contributed by atoms with van der Waals surface area (Å²) in [4.78, 5) is 14.2. The van der Waals surface area contributed by atoms with Crippen molar-refractivity contribution in [2.24, 2.45) is 0 Å². The smallest absolute Gasteiger partial charge is 0.225 e. The molecule has 3 aromatic heterocycles. The van der Waals surface area contributed by atoms with Crippen LogP contribution in [0.2, 0.25) is 0 Å². The van der Waals surface area contributed by atoms with Crippen LogP contribution in [-0.4, -0.2) is 22.0 Å². The molecular weight excluding hydrogens is 278 g/mol. The van der Waals surface area contributed by atoms with Crippen LogP contribution in [0, 0.1) is 0 Å². The minimum atomic E-state index is 0.128. The highest BCUT2D eigenvalue weighted by Gasteiger charge is 2.13. The Morgan fingerprint density at radius 1 is 1.21 bits per heavy atom. The Kier molecular flexibility index (Phi) is 3.31. The number of thiophene rings is 1. The zero-order valence-electron chi connectivity index (χ0n) is 10.5. The quantitative estimate of drug-likeness (QED) is 0.771.